The number of amides is 1. The summed E-state index contributed by atoms with van der Waals surface area (Å²) in [4.78, 5) is 50.0. The standard InChI is InChI=1S/C49H49F2N11O5/c1-24-17-31(18-25(2)38(24)50)62-42(59-15-14-58(47(59)65)35-12-11-34-32(39(35)51)23-52-57(34)8)37-27(4)60(43-41(56(43)7)40(37)54-62)44(63)36-20-30-19-28(29-13-16-66-48(5,6)22-29)9-10-33(30)61(36)49(21-26(49)3)45-53-46(64)67-55-45/h9-12,14-15,17-20,23,26-27,29,41,43H,13,16,21-22H2,1-8H3,(H,53,55,64)/t26-,27-,29-,41?,43?,49-,56?/m0/s1. The number of carbonyl (C=O) groups is 1. The van der Waals surface area contributed by atoms with E-state index in [1.54, 1.807) is 60.7 Å². The van der Waals surface area contributed by atoms with Gasteiger partial charge < -0.3 is 14.2 Å². The minimum absolute atomic E-state index is 0.0137. The van der Waals surface area contributed by atoms with E-state index in [0.29, 0.717) is 64.0 Å². The second-order valence-electron chi connectivity index (χ2n) is 19.7. The number of rotatable bonds is 7. The quantitative estimate of drug-likeness (QED) is 0.163. The molecule has 7 atom stereocenters. The van der Waals surface area contributed by atoms with Crippen molar-refractivity contribution in [2.75, 3.05) is 13.7 Å². The zero-order chi connectivity index (χ0) is 46.7. The third kappa shape index (κ3) is 5.87. The van der Waals surface area contributed by atoms with Crippen molar-refractivity contribution in [3.63, 3.8) is 0 Å². The SMILES string of the molecule is Cc1cc(-n2nc3c(c2-n2ccn(-c4ccc5c(cnn5C)c4F)c2=O)[C@H](C)N(C(=O)c2cc4cc([C@H]5CCOC(C)(C)C5)ccc4n2[C@@]2(c4noc(=O)[nH]4)C[C@@H]2C)C2C3N2C)cc(C)c1F. The minimum Gasteiger partial charge on any atom is -0.376 e. The number of benzene rings is 3. The molecule has 1 aliphatic carbocycles. The molecule has 3 aromatic carbocycles. The molecule has 3 unspecified atom stereocenters. The van der Waals surface area contributed by atoms with Crippen molar-refractivity contribution in [1.82, 2.24) is 53.2 Å². The maximum Gasteiger partial charge on any atom is 0.438 e. The Labute approximate surface area is 381 Å². The highest BCUT2D eigenvalue weighted by Crippen LogP contribution is 2.58. The number of nitrogens with one attached hydrogen (secondary N) is 1. The summed E-state index contributed by atoms with van der Waals surface area (Å²) in [5.41, 5.74) is 3.86. The third-order valence-electron chi connectivity index (χ3n) is 15.1. The number of aromatic nitrogens is 9. The maximum atomic E-state index is 16.2. The molecule has 2 saturated heterocycles. The van der Waals surface area contributed by atoms with Crippen molar-refractivity contribution in [1.29, 1.82) is 0 Å². The zero-order valence-corrected chi connectivity index (χ0v) is 38.3. The van der Waals surface area contributed by atoms with E-state index in [4.69, 9.17) is 14.4 Å². The number of ether oxygens (including phenoxy) is 1. The van der Waals surface area contributed by atoms with E-state index in [0.717, 1.165) is 29.3 Å². The predicted molar refractivity (Wildman–Crippen MR) is 243 cm³/mol. The molecule has 16 nitrogen and oxygen atoms in total. The Morgan fingerprint density at radius 2 is 1.66 bits per heavy atom. The van der Waals surface area contributed by atoms with Gasteiger partial charge in [-0.05, 0) is 132 Å². The van der Waals surface area contributed by atoms with E-state index >= 15 is 13.6 Å². The van der Waals surface area contributed by atoms with Crippen LogP contribution in [0.5, 0.6) is 0 Å². The highest BCUT2D eigenvalue weighted by molar-refractivity contribution is 6.00. The normalized spacial score (nSPS) is 25.2. The lowest BCUT2D eigenvalue weighted by atomic mass is 9.83. The molecule has 1 saturated carbocycles. The van der Waals surface area contributed by atoms with E-state index in [2.05, 4.69) is 59.1 Å². The molecule has 12 rings (SSSR count). The fraction of sp³-hybridized carbons (Fsp3) is 0.388. The first-order valence-electron chi connectivity index (χ1n) is 22.7. The monoisotopic (exact) mass is 909 g/mol. The van der Waals surface area contributed by atoms with Gasteiger partial charge in [-0.3, -0.25) is 33.0 Å². The molecular weight excluding hydrogens is 861 g/mol. The molecular formula is C49H49F2N11O5. The Kier molecular flexibility index (Phi) is 8.71. The number of aryl methyl sites for hydroxylation is 3. The number of aromatic amines is 1. The number of H-pyrrole nitrogens is 1. The molecule has 3 aliphatic heterocycles. The average Bonchev–Trinajstić information content (AvgIpc) is 3.68. The molecule has 67 heavy (non-hydrogen) atoms. The molecule has 1 N–H and O–H groups in total. The van der Waals surface area contributed by atoms with E-state index < -0.39 is 35.0 Å². The summed E-state index contributed by atoms with van der Waals surface area (Å²) < 4.78 is 50.5. The second-order valence-corrected chi connectivity index (χ2v) is 19.7. The van der Waals surface area contributed by atoms with E-state index in [-0.39, 0.29) is 46.3 Å². The smallest absolute Gasteiger partial charge is 0.376 e. The molecule has 0 spiro atoms. The summed E-state index contributed by atoms with van der Waals surface area (Å²) >= 11 is 0. The predicted octanol–water partition coefficient (Wildman–Crippen LogP) is 7.21. The Bertz CT molecular complexity index is 3510. The Balaban J connectivity index is 1.04. The van der Waals surface area contributed by atoms with Crippen LogP contribution in [0.15, 0.2) is 81.2 Å². The van der Waals surface area contributed by atoms with Gasteiger partial charge in [-0.1, -0.05) is 18.1 Å². The van der Waals surface area contributed by atoms with Gasteiger partial charge >= 0.3 is 11.4 Å². The Hall–Kier alpha value is -6.92. The second kappa shape index (κ2) is 14.1. The van der Waals surface area contributed by atoms with Crippen LogP contribution in [-0.2, 0) is 17.3 Å². The molecule has 8 aromatic rings. The average molecular weight is 910 g/mol. The number of halogens is 2. The molecule has 0 radical (unpaired) electrons. The molecule has 3 fully saturated rings. The molecule has 5 aromatic heterocycles. The number of nitrogens with zero attached hydrogens (tertiary/aromatic N) is 10. The minimum atomic E-state index is -0.876. The summed E-state index contributed by atoms with van der Waals surface area (Å²) in [7, 11) is 3.65. The van der Waals surface area contributed by atoms with Gasteiger partial charge in [0.15, 0.2) is 11.6 Å². The number of imidazole rings is 1. The van der Waals surface area contributed by atoms with Crippen LogP contribution in [0.25, 0.3) is 39.0 Å². The highest BCUT2D eigenvalue weighted by Gasteiger charge is 2.62. The number of hydrogen-bond donors (Lipinski definition) is 1. The number of carbonyl (C=O) groups excluding carboxylic acids is 1. The van der Waals surface area contributed by atoms with E-state index in [1.807, 2.05) is 29.5 Å². The van der Waals surface area contributed by atoms with Crippen molar-refractivity contribution in [3.05, 3.63) is 139 Å². The van der Waals surface area contributed by atoms with Crippen molar-refractivity contribution < 1.29 is 22.8 Å². The first-order valence-corrected chi connectivity index (χ1v) is 22.7. The van der Waals surface area contributed by atoms with Crippen LogP contribution in [0, 0.1) is 31.4 Å². The fourth-order valence-corrected chi connectivity index (χ4v) is 11.6. The van der Waals surface area contributed by atoms with Crippen molar-refractivity contribution in [2.45, 2.75) is 96.1 Å². The Morgan fingerprint density at radius 1 is 0.925 bits per heavy atom. The highest BCUT2D eigenvalue weighted by atomic mass is 19.1. The molecule has 4 aliphatic rings. The summed E-state index contributed by atoms with van der Waals surface area (Å²) in [6.07, 6.45) is 6.43. The number of fused-ring (bicyclic) bond motifs is 5. The summed E-state index contributed by atoms with van der Waals surface area (Å²) in [6.45, 7) is 12.2. The summed E-state index contributed by atoms with van der Waals surface area (Å²) in [5.74, 6) is -0.968. The molecule has 0 bridgehead atoms. The van der Waals surface area contributed by atoms with E-state index in [9.17, 15) is 9.59 Å². The first-order chi connectivity index (χ1) is 32.0. The van der Waals surface area contributed by atoms with Gasteiger partial charge in [0, 0.05) is 42.5 Å². The summed E-state index contributed by atoms with van der Waals surface area (Å²) in [5, 5.41) is 14.7. The van der Waals surface area contributed by atoms with Crippen LogP contribution in [0.4, 0.5) is 8.78 Å². The lowest BCUT2D eigenvalue weighted by Gasteiger charge is -2.35. The van der Waals surface area contributed by atoms with Gasteiger partial charge in [-0.25, -0.2) is 23.1 Å². The van der Waals surface area contributed by atoms with Gasteiger partial charge in [0.05, 0.1) is 51.9 Å². The van der Waals surface area contributed by atoms with Crippen molar-refractivity contribution in [2.24, 2.45) is 13.0 Å². The van der Waals surface area contributed by atoms with Crippen LogP contribution in [-0.4, -0.2) is 84.5 Å². The zero-order valence-electron chi connectivity index (χ0n) is 38.3. The van der Waals surface area contributed by atoms with Crippen LogP contribution in [0.3, 0.4) is 0 Å². The Morgan fingerprint density at radius 3 is 2.36 bits per heavy atom. The van der Waals surface area contributed by atoms with Gasteiger partial charge in [0.1, 0.15) is 29.0 Å². The van der Waals surface area contributed by atoms with Crippen molar-refractivity contribution >= 4 is 27.7 Å². The number of likely N-dealkylation sites (N-methyl/N-ethyl adjacent to an activating group) is 1. The van der Waals surface area contributed by atoms with Crippen molar-refractivity contribution in [3.8, 4) is 17.2 Å². The molecule has 344 valence electrons. The first kappa shape index (κ1) is 41.5. The lowest BCUT2D eigenvalue weighted by Crippen LogP contribution is -2.42. The third-order valence-corrected chi connectivity index (χ3v) is 15.1. The molecule has 1 amide bonds. The van der Waals surface area contributed by atoms with Crippen LogP contribution < -0.4 is 11.4 Å². The van der Waals surface area contributed by atoms with Gasteiger partial charge in [0.25, 0.3) is 5.91 Å². The maximum absolute atomic E-state index is 16.2. The van der Waals surface area contributed by atoms with Crippen LogP contribution in [0.1, 0.15) is 109 Å². The van der Waals surface area contributed by atoms with Gasteiger partial charge in [-0.15, -0.1) is 0 Å². The summed E-state index contributed by atoms with van der Waals surface area (Å²) in [6, 6.07) is 13.9. The topological polar surface area (TPSA) is 159 Å². The van der Waals surface area contributed by atoms with E-state index in [1.165, 1.54) is 21.5 Å². The lowest BCUT2D eigenvalue weighted by molar-refractivity contribution is -0.0592. The van der Waals surface area contributed by atoms with Gasteiger partial charge in [0.2, 0.25) is 0 Å². The fourth-order valence-electron chi connectivity index (χ4n) is 11.6. The molecule has 18 heteroatoms. The largest absolute Gasteiger partial charge is 0.438 e. The molecule has 8 heterocycles. The van der Waals surface area contributed by atoms with Crippen LogP contribution >= 0.6 is 0 Å². The van der Waals surface area contributed by atoms with Crippen LogP contribution in [0.2, 0.25) is 0 Å². The number of hydrogen-bond acceptors (Lipinski definition) is 9. The van der Waals surface area contributed by atoms with Gasteiger partial charge in [-0.2, -0.15) is 10.2 Å².